The van der Waals surface area contributed by atoms with Crippen LogP contribution in [0.2, 0.25) is 0 Å². The molecule has 2 N–H and O–H groups in total. The smallest absolute Gasteiger partial charge is 0.272 e. The average Bonchev–Trinajstić information content (AvgIpc) is 2.53. The Kier molecular flexibility index (Phi) is 4.70. The van der Waals surface area contributed by atoms with Gasteiger partial charge in [-0.2, -0.15) is 0 Å². The third-order valence-corrected chi connectivity index (χ3v) is 3.27. The SMILES string of the molecule is CNC(=O)c1cccc(NC(=O)c2ccc([N+](=O)[O-])c(C)c2)c1. The van der Waals surface area contributed by atoms with Crippen molar-refractivity contribution >= 4 is 23.2 Å². The molecule has 0 saturated heterocycles. The third kappa shape index (κ3) is 3.70. The van der Waals surface area contributed by atoms with Gasteiger partial charge in [-0.25, -0.2) is 0 Å². The largest absolute Gasteiger partial charge is 0.355 e. The number of hydrogen-bond donors (Lipinski definition) is 2. The topological polar surface area (TPSA) is 101 Å². The van der Waals surface area contributed by atoms with Crippen molar-refractivity contribution in [3.63, 3.8) is 0 Å². The first-order valence-corrected chi connectivity index (χ1v) is 6.81. The molecule has 23 heavy (non-hydrogen) atoms. The molecule has 0 unspecified atom stereocenters. The lowest BCUT2D eigenvalue weighted by Crippen LogP contribution is -2.18. The van der Waals surface area contributed by atoms with Crippen molar-refractivity contribution in [3.8, 4) is 0 Å². The highest BCUT2D eigenvalue weighted by Crippen LogP contribution is 2.20. The molecular weight excluding hydrogens is 298 g/mol. The zero-order valence-corrected chi connectivity index (χ0v) is 12.6. The highest BCUT2D eigenvalue weighted by Gasteiger charge is 2.14. The summed E-state index contributed by atoms with van der Waals surface area (Å²) in [5.41, 5.74) is 1.56. The van der Waals surface area contributed by atoms with Gasteiger partial charge in [-0.3, -0.25) is 19.7 Å². The number of carbonyl (C=O) groups excluding carboxylic acids is 2. The Balaban J connectivity index is 2.21. The van der Waals surface area contributed by atoms with Crippen LogP contribution in [0.5, 0.6) is 0 Å². The highest BCUT2D eigenvalue weighted by molar-refractivity contribution is 6.05. The molecule has 0 bridgehead atoms. The molecule has 2 aromatic carbocycles. The first-order chi connectivity index (χ1) is 10.9. The van der Waals surface area contributed by atoms with Crippen molar-refractivity contribution in [3.05, 3.63) is 69.3 Å². The van der Waals surface area contributed by atoms with E-state index >= 15 is 0 Å². The fourth-order valence-corrected chi connectivity index (χ4v) is 2.09. The van der Waals surface area contributed by atoms with E-state index in [-0.39, 0.29) is 11.6 Å². The first-order valence-electron chi connectivity index (χ1n) is 6.81. The van der Waals surface area contributed by atoms with Crippen molar-refractivity contribution in [2.45, 2.75) is 6.92 Å². The molecule has 0 aromatic heterocycles. The summed E-state index contributed by atoms with van der Waals surface area (Å²) in [6.07, 6.45) is 0. The van der Waals surface area contributed by atoms with Gasteiger partial charge in [0.05, 0.1) is 4.92 Å². The number of nitrogens with one attached hydrogen (secondary N) is 2. The normalized spacial score (nSPS) is 10.0. The van der Waals surface area contributed by atoms with Crippen LogP contribution in [-0.4, -0.2) is 23.8 Å². The Morgan fingerprint density at radius 2 is 1.74 bits per heavy atom. The van der Waals surface area contributed by atoms with Crippen LogP contribution < -0.4 is 10.6 Å². The summed E-state index contributed by atoms with van der Waals surface area (Å²) in [6.45, 7) is 1.57. The summed E-state index contributed by atoms with van der Waals surface area (Å²) in [4.78, 5) is 34.1. The molecule has 0 atom stereocenters. The molecule has 2 rings (SSSR count). The molecule has 2 amide bonds. The molecule has 0 aliphatic rings. The Bertz CT molecular complexity index is 787. The minimum atomic E-state index is -0.496. The summed E-state index contributed by atoms with van der Waals surface area (Å²) in [6, 6.07) is 10.6. The van der Waals surface area contributed by atoms with E-state index in [1.165, 1.54) is 25.2 Å². The van der Waals surface area contributed by atoms with Crippen LogP contribution in [-0.2, 0) is 0 Å². The van der Waals surface area contributed by atoms with Gasteiger partial charge in [0.15, 0.2) is 0 Å². The molecule has 7 heteroatoms. The van der Waals surface area contributed by atoms with Gasteiger partial charge in [0.1, 0.15) is 0 Å². The van der Waals surface area contributed by atoms with Crippen LogP contribution in [0.15, 0.2) is 42.5 Å². The Labute approximate surface area is 132 Å². The monoisotopic (exact) mass is 313 g/mol. The second-order valence-electron chi connectivity index (χ2n) is 4.87. The molecule has 0 aliphatic carbocycles. The predicted octanol–water partition coefficient (Wildman–Crippen LogP) is 2.52. The van der Waals surface area contributed by atoms with E-state index in [1.54, 1.807) is 31.2 Å². The van der Waals surface area contributed by atoms with Gasteiger partial charge < -0.3 is 10.6 Å². The standard InChI is InChI=1S/C16H15N3O4/c1-10-8-12(6-7-14(10)19(22)23)16(21)18-13-5-3-4-11(9-13)15(20)17-2/h3-9H,1-2H3,(H,17,20)(H,18,21). The zero-order chi connectivity index (χ0) is 17.0. The number of nitro benzene ring substituents is 1. The number of rotatable bonds is 4. The summed E-state index contributed by atoms with van der Waals surface area (Å²) in [5.74, 6) is -0.663. The lowest BCUT2D eigenvalue weighted by atomic mass is 10.1. The van der Waals surface area contributed by atoms with E-state index < -0.39 is 10.8 Å². The lowest BCUT2D eigenvalue weighted by Gasteiger charge is -2.08. The predicted molar refractivity (Wildman–Crippen MR) is 85.6 cm³/mol. The second kappa shape index (κ2) is 6.69. The van der Waals surface area contributed by atoms with Crippen LogP contribution in [0.1, 0.15) is 26.3 Å². The van der Waals surface area contributed by atoms with Crippen molar-refractivity contribution in [1.29, 1.82) is 0 Å². The number of anilines is 1. The van der Waals surface area contributed by atoms with Crippen molar-refractivity contribution in [2.24, 2.45) is 0 Å². The van der Waals surface area contributed by atoms with Gasteiger partial charge in [-0.1, -0.05) is 6.07 Å². The van der Waals surface area contributed by atoms with E-state index in [0.29, 0.717) is 22.4 Å². The van der Waals surface area contributed by atoms with Gasteiger partial charge in [0.25, 0.3) is 17.5 Å². The Hall–Kier alpha value is -3.22. The number of nitrogens with zero attached hydrogens (tertiary/aromatic N) is 1. The molecule has 0 saturated carbocycles. The number of aryl methyl sites for hydroxylation is 1. The van der Waals surface area contributed by atoms with E-state index in [4.69, 9.17) is 0 Å². The summed E-state index contributed by atoms with van der Waals surface area (Å²) >= 11 is 0. The molecular formula is C16H15N3O4. The summed E-state index contributed by atoms with van der Waals surface area (Å²) < 4.78 is 0. The number of amides is 2. The summed E-state index contributed by atoms with van der Waals surface area (Å²) in [7, 11) is 1.52. The summed E-state index contributed by atoms with van der Waals surface area (Å²) in [5, 5.41) is 16.0. The molecule has 7 nitrogen and oxygen atoms in total. The van der Waals surface area contributed by atoms with Crippen molar-refractivity contribution in [2.75, 3.05) is 12.4 Å². The van der Waals surface area contributed by atoms with E-state index in [1.807, 2.05) is 0 Å². The molecule has 2 aromatic rings. The van der Waals surface area contributed by atoms with Gasteiger partial charge in [0, 0.05) is 35.5 Å². The van der Waals surface area contributed by atoms with Gasteiger partial charge in [-0.15, -0.1) is 0 Å². The Morgan fingerprint density at radius 3 is 2.35 bits per heavy atom. The minimum absolute atomic E-state index is 0.0387. The zero-order valence-electron chi connectivity index (χ0n) is 12.6. The maximum atomic E-state index is 12.2. The molecule has 118 valence electrons. The fraction of sp³-hybridized carbons (Fsp3) is 0.125. The van der Waals surface area contributed by atoms with Gasteiger partial charge in [-0.05, 0) is 37.3 Å². The van der Waals surface area contributed by atoms with E-state index in [2.05, 4.69) is 10.6 Å². The van der Waals surface area contributed by atoms with Crippen LogP contribution in [0.3, 0.4) is 0 Å². The minimum Gasteiger partial charge on any atom is -0.355 e. The van der Waals surface area contributed by atoms with Crippen LogP contribution in [0.4, 0.5) is 11.4 Å². The fourth-order valence-electron chi connectivity index (χ4n) is 2.09. The van der Waals surface area contributed by atoms with E-state index in [9.17, 15) is 19.7 Å². The van der Waals surface area contributed by atoms with Gasteiger partial charge in [0.2, 0.25) is 0 Å². The second-order valence-corrected chi connectivity index (χ2v) is 4.87. The Morgan fingerprint density at radius 1 is 1.04 bits per heavy atom. The van der Waals surface area contributed by atoms with Gasteiger partial charge >= 0.3 is 0 Å². The first kappa shape index (κ1) is 16.2. The maximum Gasteiger partial charge on any atom is 0.272 e. The van der Waals surface area contributed by atoms with Crippen LogP contribution in [0, 0.1) is 17.0 Å². The van der Waals surface area contributed by atoms with Crippen LogP contribution >= 0.6 is 0 Å². The highest BCUT2D eigenvalue weighted by atomic mass is 16.6. The lowest BCUT2D eigenvalue weighted by molar-refractivity contribution is -0.385. The quantitative estimate of drug-likeness (QED) is 0.669. The van der Waals surface area contributed by atoms with Crippen LogP contribution in [0.25, 0.3) is 0 Å². The number of nitro groups is 1. The number of benzene rings is 2. The van der Waals surface area contributed by atoms with Crippen molar-refractivity contribution in [1.82, 2.24) is 5.32 Å². The maximum absolute atomic E-state index is 12.2. The molecule has 0 aliphatic heterocycles. The molecule has 0 fully saturated rings. The molecule has 0 heterocycles. The van der Waals surface area contributed by atoms with E-state index in [0.717, 1.165) is 0 Å². The molecule has 0 spiro atoms. The average molecular weight is 313 g/mol. The van der Waals surface area contributed by atoms with Crippen molar-refractivity contribution < 1.29 is 14.5 Å². The third-order valence-electron chi connectivity index (χ3n) is 3.27. The molecule has 0 radical (unpaired) electrons. The number of carbonyl (C=O) groups is 2. The number of hydrogen-bond acceptors (Lipinski definition) is 4.